The first kappa shape index (κ1) is 23.7. The molecule has 0 bridgehead atoms. The fourth-order valence-electron chi connectivity index (χ4n) is 3.04. The molecule has 0 fully saturated rings. The van der Waals surface area contributed by atoms with Crippen LogP contribution in [0.1, 0.15) is 54.0 Å². The van der Waals surface area contributed by atoms with E-state index < -0.39 is 17.8 Å². The Morgan fingerprint density at radius 2 is 1.62 bits per heavy atom. The predicted molar refractivity (Wildman–Crippen MR) is 108 cm³/mol. The van der Waals surface area contributed by atoms with Gasteiger partial charge in [0.15, 0.2) is 0 Å². The molecular formula is C20H30Cl2OTi. The fourth-order valence-corrected chi connectivity index (χ4v) is 5.89. The Morgan fingerprint density at radius 1 is 1.04 bits per heavy atom. The standard InChI is InChI=1S/C10H14O.C9H13.CH2.2ClH.Ti/c1-10(2,3)8-5-4-6-9(11)7-8;1-6-5-7(2)9(4)8(6)3;;;;/h4-7,11H,1-3H3;6H,1-4H3;1H2;2*1H;/q;;;;;+1/p-1. The van der Waals surface area contributed by atoms with Crippen LogP contribution in [0, 0.1) is 5.92 Å². The first-order valence-electron chi connectivity index (χ1n) is 7.99. The zero-order valence-electron chi connectivity index (χ0n) is 15.8. The summed E-state index contributed by atoms with van der Waals surface area (Å²) in [5.41, 5.74) is 5.79. The van der Waals surface area contributed by atoms with E-state index in [1.165, 1.54) is 26.2 Å². The number of hydrogen-bond acceptors (Lipinski definition) is 1. The van der Waals surface area contributed by atoms with Crippen molar-refractivity contribution < 1.29 is 21.1 Å². The third kappa shape index (κ3) is 4.85. The van der Waals surface area contributed by atoms with Gasteiger partial charge in [0, 0.05) is 0 Å². The van der Waals surface area contributed by atoms with Crippen molar-refractivity contribution in [2.45, 2.75) is 53.9 Å². The van der Waals surface area contributed by atoms with Gasteiger partial charge in [-0.25, -0.2) is 0 Å². The fraction of sp³-hybridized carbons (Fsp3) is 0.450. The zero-order valence-corrected chi connectivity index (χ0v) is 19.0. The summed E-state index contributed by atoms with van der Waals surface area (Å²) >= 11 is -1.96. The van der Waals surface area contributed by atoms with Gasteiger partial charge in [-0.2, -0.15) is 0 Å². The second-order valence-electron chi connectivity index (χ2n) is 7.37. The van der Waals surface area contributed by atoms with E-state index in [2.05, 4.69) is 77.5 Å². The van der Waals surface area contributed by atoms with Crippen molar-refractivity contribution in [3.05, 3.63) is 50.4 Å². The zero-order chi connectivity index (χ0) is 16.7. The summed E-state index contributed by atoms with van der Waals surface area (Å²) in [6, 6.07) is 8.51. The SMILES string of the molecule is Cl.Cl.[CH2]=[Ti]([O]c1cccc(C(C)(C)C)c1)[C]1=C(C)C(C)=C(C)C1C. The van der Waals surface area contributed by atoms with E-state index in [0.29, 0.717) is 5.92 Å². The summed E-state index contributed by atoms with van der Waals surface area (Å²) in [6.45, 7) is 15.7. The van der Waals surface area contributed by atoms with Crippen LogP contribution in [0.2, 0.25) is 0 Å². The molecule has 4 heteroatoms. The Morgan fingerprint density at radius 3 is 2.08 bits per heavy atom. The second-order valence-corrected chi connectivity index (χ2v) is 9.85. The third-order valence-corrected chi connectivity index (χ3v) is 7.83. The maximum atomic E-state index is 6.34. The van der Waals surface area contributed by atoms with Crippen LogP contribution in [0.15, 0.2) is 44.9 Å². The third-order valence-electron chi connectivity index (χ3n) is 4.88. The monoisotopic (exact) mass is 404 g/mol. The summed E-state index contributed by atoms with van der Waals surface area (Å²) in [4.78, 5) is 4.44. The van der Waals surface area contributed by atoms with Gasteiger partial charge < -0.3 is 0 Å². The van der Waals surface area contributed by atoms with Crippen LogP contribution in [0.3, 0.4) is 0 Å². The van der Waals surface area contributed by atoms with E-state index in [1.807, 2.05) is 0 Å². The van der Waals surface area contributed by atoms with Gasteiger partial charge in [-0.15, -0.1) is 24.8 Å². The van der Waals surface area contributed by atoms with Gasteiger partial charge in [0.2, 0.25) is 0 Å². The van der Waals surface area contributed by atoms with Crippen LogP contribution >= 0.6 is 24.8 Å². The first-order valence-corrected chi connectivity index (χ1v) is 10.5. The molecule has 1 unspecified atom stereocenters. The van der Waals surface area contributed by atoms with Crippen molar-refractivity contribution in [1.82, 2.24) is 0 Å². The van der Waals surface area contributed by atoms with Crippen LogP contribution in [-0.2, 0) is 23.2 Å². The van der Waals surface area contributed by atoms with Gasteiger partial charge in [-0.05, 0) is 0 Å². The Kier molecular flexibility index (Phi) is 8.73. The maximum absolute atomic E-state index is 6.34. The van der Waals surface area contributed by atoms with Gasteiger partial charge in [-0.1, -0.05) is 0 Å². The number of hydrogen-bond donors (Lipinski definition) is 0. The molecule has 0 aromatic heterocycles. The van der Waals surface area contributed by atoms with E-state index in [0.717, 1.165) is 5.75 Å². The Balaban J connectivity index is 0.00000264. The normalized spacial score (nSPS) is 17.4. The Bertz CT molecular complexity index is 681. The van der Waals surface area contributed by atoms with Gasteiger partial charge >= 0.3 is 142 Å². The predicted octanol–water partition coefficient (Wildman–Crippen LogP) is 6.43. The molecule has 0 radical (unpaired) electrons. The van der Waals surface area contributed by atoms with E-state index in [4.69, 9.17) is 3.32 Å². The van der Waals surface area contributed by atoms with E-state index in [9.17, 15) is 0 Å². The number of benzene rings is 1. The molecule has 1 aliphatic carbocycles. The average molecular weight is 405 g/mol. The molecule has 0 N–H and O–H groups in total. The molecule has 1 aromatic rings. The molecule has 134 valence electrons. The topological polar surface area (TPSA) is 9.23 Å². The van der Waals surface area contributed by atoms with Crippen molar-refractivity contribution in [1.29, 1.82) is 0 Å². The Hall–Kier alpha value is -0.336. The van der Waals surface area contributed by atoms with E-state index in [1.54, 1.807) is 0 Å². The summed E-state index contributed by atoms with van der Waals surface area (Å²) in [6.07, 6.45) is 0. The van der Waals surface area contributed by atoms with Crippen LogP contribution < -0.4 is 3.32 Å². The molecule has 0 amide bonds. The summed E-state index contributed by atoms with van der Waals surface area (Å²) < 4.78 is 7.83. The van der Waals surface area contributed by atoms with Crippen LogP contribution in [0.5, 0.6) is 5.75 Å². The summed E-state index contributed by atoms with van der Waals surface area (Å²) in [5, 5.41) is 0. The minimum atomic E-state index is -1.96. The molecular weight excluding hydrogens is 375 g/mol. The molecule has 1 atom stereocenters. The van der Waals surface area contributed by atoms with E-state index in [-0.39, 0.29) is 30.2 Å². The molecule has 0 heterocycles. The quantitative estimate of drug-likeness (QED) is 0.527. The molecule has 2 rings (SSSR count). The molecule has 0 spiro atoms. The number of halogens is 2. The molecule has 1 aliphatic rings. The molecule has 1 aromatic carbocycles. The van der Waals surface area contributed by atoms with Crippen molar-refractivity contribution in [2.75, 3.05) is 0 Å². The van der Waals surface area contributed by atoms with Crippen LogP contribution in [-0.4, -0.2) is 4.82 Å². The van der Waals surface area contributed by atoms with Gasteiger partial charge in [0.05, 0.1) is 0 Å². The van der Waals surface area contributed by atoms with Gasteiger partial charge in [-0.3, -0.25) is 0 Å². The van der Waals surface area contributed by atoms with Crippen molar-refractivity contribution in [2.24, 2.45) is 5.92 Å². The molecule has 24 heavy (non-hydrogen) atoms. The molecule has 0 aliphatic heterocycles. The van der Waals surface area contributed by atoms with Crippen LogP contribution in [0.25, 0.3) is 0 Å². The first-order chi connectivity index (χ1) is 10.1. The van der Waals surface area contributed by atoms with E-state index >= 15 is 0 Å². The summed E-state index contributed by atoms with van der Waals surface area (Å²) in [7, 11) is 0. The van der Waals surface area contributed by atoms with Crippen molar-refractivity contribution >= 4 is 29.6 Å². The van der Waals surface area contributed by atoms with Crippen LogP contribution in [0.4, 0.5) is 0 Å². The molecule has 0 saturated carbocycles. The minimum absolute atomic E-state index is 0. The van der Waals surface area contributed by atoms with Crippen molar-refractivity contribution in [3.8, 4) is 5.75 Å². The molecule has 1 nitrogen and oxygen atoms in total. The second kappa shape index (κ2) is 8.85. The number of allylic oxidation sites excluding steroid dienone is 4. The van der Waals surface area contributed by atoms with Crippen molar-refractivity contribution in [3.63, 3.8) is 0 Å². The van der Waals surface area contributed by atoms with Gasteiger partial charge in [0.1, 0.15) is 0 Å². The molecule has 0 saturated heterocycles. The Labute approximate surface area is 166 Å². The summed E-state index contributed by atoms with van der Waals surface area (Å²) in [5.74, 6) is 1.48. The van der Waals surface area contributed by atoms with Gasteiger partial charge in [0.25, 0.3) is 0 Å². The average Bonchev–Trinajstić information content (AvgIpc) is 2.62. The number of rotatable bonds is 3.